The highest BCUT2D eigenvalue weighted by Crippen LogP contribution is 2.19. The first-order valence-corrected chi connectivity index (χ1v) is 6.44. The van der Waals surface area contributed by atoms with Crippen molar-refractivity contribution in [3.8, 4) is 11.5 Å². The maximum Gasteiger partial charge on any atom is 0.335 e. The average molecular weight is 276 g/mol. The molecule has 106 valence electrons. The van der Waals surface area contributed by atoms with Crippen LogP contribution in [-0.4, -0.2) is 34.5 Å². The summed E-state index contributed by atoms with van der Waals surface area (Å²) in [7, 11) is 0. The van der Waals surface area contributed by atoms with Crippen LogP contribution in [0.2, 0.25) is 0 Å². The first kappa shape index (κ1) is 14.2. The molecule has 1 N–H and O–H groups in total. The monoisotopic (exact) mass is 276 g/mol. The Morgan fingerprint density at radius 2 is 2.25 bits per heavy atom. The molecule has 0 radical (unpaired) electrons. The van der Waals surface area contributed by atoms with Crippen LogP contribution in [0.3, 0.4) is 0 Å². The second-order valence-corrected chi connectivity index (χ2v) is 4.19. The Morgan fingerprint density at radius 1 is 1.40 bits per heavy atom. The van der Waals surface area contributed by atoms with Crippen molar-refractivity contribution in [1.82, 2.24) is 10.2 Å². The van der Waals surface area contributed by atoms with Crippen LogP contribution < -0.4 is 0 Å². The molecule has 0 bridgehead atoms. The third kappa shape index (κ3) is 3.64. The van der Waals surface area contributed by atoms with Crippen LogP contribution in [0.1, 0.15) is 29.6 Å². The zero-order valence-electron chi connectivity index (χ0n) is 11.2. The second kappa shape index (κ2) is 6.81. The van der Waals surface area contributed by atoms with Gasteiger partial charge in [-0.2, -0.15) is 0 Å². The van der Waals surface area contributed by atoms with Crippen molar-refractivity contribution in [1.29, 1.82) is 0 Å². The summed E-state index contributed by atoms with van der Waals surface area (Å²) in [6.45, 7) is 3.29. The van der Waals surface area contributed by atoms with Crippen molar-refractivity contribution in [2.75, 3.05) is 13.2 Å². The number of hydrogen-bond donors (Lipinski definition) is 1. The highest BCUT2D eigenvalue weighted by atomic mass is 16.5. The molecule has 0 aliphatic heterocycles. The van der Waals surface area contributed by atoms with E-state index in [-0.39, 0.29) is 5.56 Å². The van der Waals surface area contributed by atoms with Crippen LogP contribution in [0.5, 0.6) is 0 Å². The van der Waals surface area contributed by atoms with Gasteiger partial charge in [0.05, 0.1) is 5.56 Å². The standard InChI is InChI=1S/C14H16N2O4/c1-2-19-8-4-7-12-15-16-13(20-12)10-5-3-6-11(9-10)14(17)18/h3,5-6,9H,2,4,7-8H2,1H3,(H,17,18). The number of nitrogens with zero attached hydrogens (tertiary/aromatic N) is 2. The topological polar surface area (TPSA) is 85.5 Å². The van der Waals surface area contributed by atoms with E-state index in [1.807, 2.05) is 6.92 Å². The minimum Gasteiger partial charge on any atom is -0.478 e. The van der Waals surface area contributed by atoms with Crippen molar-refractivity contribution in [3.63, 3.8) is 0 Å². The zero-order valence-corrected chi connectivity index (χ0v) is 11.2. The quantitative estimate of drug-likeness (QED) is 0.781. The lowest BCUT2D eigenvalue weighted by Gasteiger charge is -1.98. The van der Waals surface area contributed by atoms with E-state index in [2.05, 4.69) is 10.2 Å². The van der Waals surface area contributed by atoms with Crippen molar-refractivity contribution in [2.24, 2.45) is 0 Å². The van der Waals surface area contributed by atoms with Gasteiger partial charge >= 0.3 is 5.97 Å². The summed E-state index contributed by atoms with van der Waals surface area (Å²) in [5.74, 6) is -0.122. The number of benzene rings is 1. The van der Waals surface area contributed by atoms with Gasteiger partial charge in [-0.15, -0.1) is 10.2 Å². The van der Waals surface area contributed by atoms with E-state index >= 15 is 0 Å². The first-order chi connectivity index (χ1) is 9.70. The lowest BCUT2D eigenvalue weighted by molar-refractivity contribution is 0.0697. The highest BCUT2D eigenvalue weighted by Gasteiger charge is 2.10. The zero-order chi connectivity index (χ0) is 14.4. The van der Waals surface area contributed by atoms with Crippen LogP contribution >= 0.6 is 0 Å². The average Bonchev–Trinajstić information content (AvgIpc) is 2.92. The Balaban J connectivity index is 2.04. The number of carboxylic acid groups (broad SMARTS) is 1. The third-order valence-corrected chi connectivity index (χ3v) is 2.71. The van der Waals surface area contributed by atoms with Crippen molar-refractivity contribution < 1.29 is 19.1 Å². The summed E-state index contributed by atoms with van der Waals surface area (Å²) < 4.78 is 10.7. The van der Waals surface area contributed by atoms with Crippen molar-refractivity contribution >= 4 is 5.97 Å². The molecule has 0 fully saturated rings. The van der Waals surface area contributed by atoms with E-state index < -0.39 is 5.97 Å². The van der Waals surface area contributed by atoms with E-state index in [0.29, 0.717) is 37.0 Å². The number of ether oxygens (including phenoxy) is 1. The Morgan fingerprint density at radius 3 is 3.00 bits per heavy atom. The van der Waals surface area contributed by atoms with Gasteiger partial charge in [0, 0.05) is 25.2 Å². The van der Waals surface area contributed by atoms with Crippen LogP contribution in [-0.2, 0) is 11.2 Å². The molecule has 1 aromatic heterocycles. The maximum absolute atomic E-state index is 10.9. The lowest BCUT2D eigenvalue weighted by Crippen LogP contribution is -1.96. The fourth-order valence-corrected chi connectivity index (χ4v) is 1.73. The van der Waals surface area contributed by atoms with E-state index in [1.54, 1.807) is 12.1 Å². The number of aromatic nitrogens is 2. The van der Waals surface area contributed by atoms with E-state index in [9.17, 15) is 4.79 Å². The van der Waals surface area contributed by atoms with Gasteiger partial charge in [-0.25, -0.2) is 4.79 Å². The van der Waals surface area contributed by atoms with Crippen molar-refractivity contribution in [2.45, 2.75) is 19.8 Å². The Bertz CT molecular complexity index is 580. The number of carbonyl (C=O) groups is 1. The minimum absolute atomic E-state index is 0.193. The lowest BCUT2D eigenvalue weighted by atomic mass is 10.1. The van der Waals surface area contributed by atoms with Gasteiger partial charge in [0.2, 0.25) is 11.8 Å². The molecule has 0 spiro atoms. The Hall–Kier alpha value is -2.21. The van der Waals surface area contributed by atoms with Crippen LogP contribution in [0, 0.1) is 0 Å². The summed E-state index contributed by atoms with van der Waals surface area (Å²) in [6.07, 6.45) is 1.45. The number of rotatable bonds is 7. The summed E-state index contributed by atoms with van der Waals surface area (Å²) in [6, 6.07) is 6.42. The summed E-state index contributed by atoms with van der Waals surface area (Å²) >= 11 is 0. The SMILES string of the molecule is CCOCCCc1nnc(-c2cccc(C(=O)O)c2)o1. The molecular formula is C14H16N2O4. The smallest absolute Gasteiger partial charge is 0.335 e. The molecule has 2 rings (SSSR count). The second-order valence-electron chi connectivity index (χ2n) is 4.19. The fraction of sp³-hybridized carbons (Fsp3) is 0.357. The molecule has 6 heteroatoms. The summed E-state index contributed by atoms with van der Waals surface area (Å²) in [5.41, 5.74) is 0.798. The van der Waals surface area contributed by atoms with Gasteiger partial charge in [0.1, 0.15) is 0 Å². The van der Waals surface area contributed by atoms with Crippen LogP contribution in [0.4, 0.5) is 0 Å². The maximum atomic E-state index is 10.9. The number of carboxylic acids is 1. The minimum atomic E-state index is -0.983. The van der Waals surface area contributed by atoms with E-state index in [4.69, 9.17) is 14.3 Å². The van der Waals surface area contributed by atoms with Gasteiger partial charge in [-0.3, -0.25) is 0 Å². The van der Waals surface area contributed by atoms with Crippen LogP contribution in [0.15, 0.2) is 28.7 Å². The molecule has 0 aliphatic carbocycles. The molecule has 0 aliphatic rings. The molecule has 2 aromatic rings. The van der Waals surface area contributed by atoms with E-state index in [1.165, 1.54) is 12.1 Å². The Kier molecular flexibility index (Phi) is 4.84. The number of aromatic carboxylic acids is 1. The predicted octanol–water partition coefficient (Wildman–Crippen LogP) is 2.40. The molecule has 0 atom stereocenters. The molecule has 1 aromatic carbocycles. The molecule has 6 nitrogen and oxygen atoms in total. The summed E-state index contributed by atoms with van der Waals surface area (Å²) in [5, 5.41) is 16.8. The Labute approximate surface area is 116 Å². The molecule has 0 saturated heterocycles. The van der Waals surface area contributed by atoms with Gasteiger partial charge in [-0.05, 0) is 31.5 Å². The molecule has 0 unspecified atom stereocenters. The number of hydrogen-bond acceptors (Lipinski definition) is 5. The summed E-state index contributed by atoms with van der Waals surface area (Å²) in [4.78, 5) is 10.9. The third-order valence-electron chi connectivity index (χ3n) is 2.71. The number of aryl methyl sites for hydroxylation is 1. The predicted molar refractivity (Wildman–Crippen MR) is 71.5 cm³/mol. The highest BCUT2D eigenvalue weighted by molar-refractivity contribution is 5.88. The largest absolute Gasteiger partial charge is 0.478 e. The van der Waals surface area contributed by atoms with Gasteiger partial charge in [-0.1, -0.05) is 6.07 Å². The van der Waals surface area contributed by atoms with Gasteiger partial charge in [0.25, 0.3) is 0 Å². The molecule has 0 amide bonds. The molecule has 20 heavy (non-hydrogen) atoms. The van der Waals surface area contributed by atoms with E-state index in [0.717, 1.165) is 6.42 Å². The van der Waals surface area contributed by atoms with Crippen molar-refractivity contribution in [3.05, 3.63) is 35.7 Å². The molecule has 0 saturated carbocycles. The van der Waals surface area contributed by atoms with Gasteiger partial charge in [0.15, 0.2) is 0 Å². The fourth-order valence-electron chi connectivity index (χ4n) is 1.73. The normalized spacial score (nSPS) is 10.7. The molecule has 1 heterocycles. The van der Waals surface area contributed by atoms with Gasteiger partial charge < -0.3 is 14.3 Å². The molecular weight excluding hydrogens is 260 g/mol. The first-order valence-electron chi connectivity index (χ1n) is 6.44. The van der Waals surface area contributed by atoms with Crippen LogP contribution in [0.25, 0.3) is 11.5 Å².